The molecule has 2 aliphatic rings. The van der Waals surface area contributed by atoms with Crippen molar-refractivity contribution >= 4 is 11.8 Å². The van der Waals surface area contributed by atoms with E-state index < -0.39 is 0 Å². The molecule has 2 nitrogen and oxygen atoms in total. The Morgan fingerprint density at radius 1 is 1.33 bits per heavy atom. The van der Waals surface area contributed by atoms with Gasteiger partial charge in [0.05, 0.1) is 12.7 Å². The van der Waals surface area contributed by atoms with Gasteiger partial charge in [-0.1, -0.05) is 18.2 Å². The zero-order chi connectivity index (χ0) is 10.1. The standard InChI is InChI=1S/C12H15NOS/c1-2-4-11-9(3-1)12-10(5-8-15-11)13-6-7-14-12/h1-4,10,12-13H,5-8H2/t10-,12-/m1/s1. The van der Waals surface area contributed by atoms with E-state index in [1.807, 2.05) is 11.8 Å². The van der Waals surface area contributed by atoms with Gasteiger partial charge in [-0.3, -0.25) is 0 Å². The Labute approximate surface area is 94.4 Å². The van der Waals surface area contributed by atoms with Gasteiger partial charge in [0.25, 0.3) is 0 Å². The molecule has 0 bridgehead atoms. The van der Waals surface area contributed by atoms with Gasteiger partial charge < -0.3 is 10.1 Å². The van der Waals surface area contributed by atoms with E-state index in [0.29, 0.717) is 6.04 Å². The second-order valence-corrected chi connectivity index (χ2v) is 5.16. The van der Waals surface area contributed by atoms with Crippen LogP contribution in [0.15, 0.2) is 29.2 Å². The molecular weight excluding hydrogens is 206 g/mol. The summed E-state index contributed by atoms with van der Waals surface area (Å²) in [7, 11) is 0. The van der Waals surface area contributed by atoms with E-state index in [1.165, 1.54) is 22.6 Å². The van der Waals surface area contributed by atoms with Crippen LogP contribution in [0.25, 0.3) is 0 Å². The average Bonchev–Trinajstić information content (AvgIpc) is 2.48. The minimum absolute atomic E-state index is 0.268. The minimum Gasteiger partial charge on any atom is -0.371 e. The van der Waals surface area contributed by atoms with E-state index in [9.17, 15) is 0 Å². The highest BCUT2D eigenvalue weighted by atomic mass is 32.2. The van der Waals surface area contributed by atoms with Gasteiger partial charge in [-0.05, 0) is 23.8 Å². The number of rotatable bonds is 0. The topological polar surface area (TPSA) is 21.3 Å². The lowest BCUT2D eigenvalue weighted by Gasteiger charge is -2.32. The molecule has 3 rings (SSSR count). The van der Waals surface area contributed by atoms with Crippen LogP contribution in [-0.4, -0.2) is 24.9 Å². The molecule has 0 unspecified atom stereocenters. The second kappa shape index (κ2) is 4.16. The first-order valence-electron chi connectivity index (χ1n) is 5.52. The summed E-state index contributed by atoms with van der Waals surface area (Å²) in [6.07, 6.45) is 1.47. The van der Waals surface area contributed by atoms with E-state index in [1.54, 1.807) is 0 Å². The molecule has 80 valence electrons. The van der Waals surface area contributed by atoms with Gasteiger partial charge in [0.15, 0.2) is 0 Å². The Hall–Kier alpha value is -0.510. The fourth-order valence-electron chi connectivity index (χ4n) is 2.36. The van der Waals surface area contributed by atoms with Crippen molar-refractivity contribution in [2.75, 3.05) is 18.9 Å². The molecule has 1 aromatic carbocycles. The molecule has 2 heterocycles. The van der Waals surface area contributed by atoms with E-state index in [2.05, 4.69) is 29.6 Å². The SMILES string of the molecule is c1ccc2c(c1)SCC[C@H]1NCCO[C@H]21. The number of nitrogens with one attached hydrogen (secondary N) is 1. The molecule has 0 radical (unpaired) electrons. The summed E-state index contributed by atoms with van der Waals surface area (Å²) in [6, 6.07) is 9.15. The Morgan fingerprint density at radius 2 is 2.27 bits per heavy atom. The molecule has 2 aliphatic heterocycles. The number of hydrogen-bond donors (Lipinski definition) is 1. The molecule has 0 saturated carbocycles. The summed E-state index contributed by atoms with van der Waals surface area (Å²) in [5, 5.41) is 3.56. The van der Waals surface area contributed by atoms with Crippen LogP contribution in [0, 0.1) is 0 Å². The highest BCUT2D eigenvalue weighted by Crippen LogP contribution is 2.37. The van der Waals surface area contributed by atoms with E-state index in [4.69, 9.17) is 4.74 Å². The summed E-state index contributed by atoms with van der Waals surface area (Å²) in [6.45, 7) is 1.83. The maximum atomic E-state index is 5.91. The van der Waals surface area contributed by atoms with Crippen molar-refractivity contribution in [3.63, 3.8) is 0 Å². The largest absolute Gasteiger partial charge is 0.371 e. The van der Waals surface area contributed by atoms with Crippen molar-refractivity contribution in [2.45, 2.75) is 23.5 Å². The maximum Gasteiger partial charge on any atom is 0.0989 e. The molecule has 0 amide bonds. The van der Waals surface area contributed by atoms with E-state index >= 15 is 0 Å². The summed E-state index contributed by atoms with van der Waals surface area (Å²) in [4.78, 5) is 1.40. The lowest BCUT2D eigenvalue weighted by Crippen LogP contribution is -2.43. The fraction of sp³-hybridized carbons (Fsp3) is 0.500. The predicted octanol–water partition coefficient (Wildman–Crippen LogP) is 2.21. The van der Waals surface area contributed by atoms with Crippen LogP contribution in [0.2, 0.25) is 0 Å². The Morgan fingerprint density at radius 3 is 3.27 bits per heavy atom. The Kier molecular flexibility index (Phi) is 2.69. The Bertz CT molecular complexity index is 355. The fourth-order valence-corrected chi connectivity index (χ4v) is 3.47. The number of thioether (sulfide) groups is 1. The van der Waals surface area contributed by atoms with Crippen LogP contribution in [0.3, 0.4) is 0 Å². The molecule has 1 saturated heterocycles. The van der Waals surface area contributed by atoms with Crippen LogP contribution in [0.4, 0.5) is 0 Å². The second-order valence-electron chi connectivity index (χ2n) is 4.03. The van der Waals surface area contributed by atoms with Gasteiger partial charge in [0.2, 0.25) is 0 Å². The van der Waals surface area contributed by atoms with Crippen molar-refractivity contribution in [1.82, 2.24) is 5.32 Å². The van der Waals surface area contributed by atoms with Crippen molar-refractivity contribution < 1.29 is 4.74 Å². The smallest absolute Gasteiger partial charge is 0.0989 e. The highest BCUT2D eigenvalue weighted by molar-refractivity contribution is 7.99. The number of fused-ring (bicyclic) bond motifs is 3. The third-order valence-electron chi connectivity index (χ3n) is 3.08. The summed E-state index contributed by atoms with van der Waals surface area (Å²) in [5.41, 5.74) is 1.37. The van der Waals surface area contributed by atoms with Crippen LogP contribution >= 0.6 is 11.8 Å². The zero-order valence-electron chi connectivity index (χ0n) is 8.61. The average molecular weight is 221 g/mol. The molecule has 0 aromatic heterocycles. The quantitative estimate of drug-likeness (QED) is 0.726. The first-order valence-corrected chi connectivity index (χ1v) is 6.50. The van der Waals surface area contributed by atoms with Gasteiger partial charge in [0.1, 0.15) is 0 Å². The van der Waals surface area contributed by atoms with Gasteiger partial charge >= 0.3 is 0 Å². The number of hydrogen-bond acceptors (Lipinski definition) is 3. The molecule has 2 atom stereocenters. The van der Waals surface area contributed by atoms with Crippen molar-refractivity contribution in [3.05, 3.63) is 29.8 Å². The van der Waals surface area contributed by atoms with Gasteiger partial charge in [-0.15, -0.1) is 11.8 Å². The van der Waals surface area contributed by atoms with Gasteiger partial charge in [-0.2, -0.15) is 0 Å². The van der Waals surface area contributed by atoms with Crippen molar-refractivity contribution in [2.24, 2.45) is 0 Å². The summed E-state index contributed by atoms with van der Waals surface area (Å²) < 4.78 is 5.91. The number of benzene rings is 1. The molecular formula is C12H15NOS. The van der Waals surface area contributed by atoms with E-state index in [-0.39, 0.29) is 6.10 Å². The Balaban J connectivity index is 1.99. The van der Waals surface area contributed by atoms with Gasteiger partial charge in [0, 0.05) is 17.5 Å². The lowest BCUT2D eigenvalue weighted by molar-refractivity contribution is -0.00693. The molecule has 0 aliphatic carbocycles. The molecule has 1 fully saturated rings. The molecule has 0 spiro atoms. The van der Waals surface area contributed by atoms with Crippen LogP contribution in [-0.2, 0) is 4.74 Å². The summed E-state index contributed by atoms with van der Waals surface area (Å²) >= 11 is 1.96. The first-order chi connectivity index (χ1) is 7.45. The first kappa shape index (κ1) is 9.70. The predicted molar refractivity (Wildman–Crippen MR) is 62.3 cm³/mol. The molecule has 1 N–H and O–H groups in total. The highest BCUT2D eigenvalue weighted by Gasteiger charge is 2.30. The number of ether oxygens (including phenoxy) is 1. The third kappa shape index (κ3) is 1.80. The molecule has 1 aromatic rings. The van der Waals surface area contributed by atoms with Crippen molar-refractivity contribution in [1.29, 1.82) is 0 Å². The van der Waals surface area contributed by atoms with Gasteiger partial charge in [-0.25, -0.2) is 0 Å². The zero-order valence-corrected chi connectivity index (χ0v) is 9.43. The van der Waals surface area contributed by atoms with Crippen molar-refractivity contribution in [3.8, 4) is 0 Å². The van der Waals surface area contributed by atoms with E-state index in [0.717, 1.165) is 13.2 Å². The summed E-state index contributed by atoms with van der Waals surface area (Å²) in [5.74, 6) is 1.19. The van der Waals surface area contributed by atoms with Crippen LogP contribution < -0.4 is 5.32 Å². The maximum absolute atomic E-state index is 5.91. The van der Waals surface area contributed by atoms with Crippen LogP contribution in [0.1, 0.15) is 18.1 Å². The molecule has 15 heavy (non-hydrogen) atoms. The molecule has 3 heteroatoms. The lowest BCUT2D eigenvalue weighted by atomic mass is 9.99. The third-order valence-corrected chi connectivity index (χ3v) is 4.21. The normalized spacial score (nSPS) is 30.1. The number of morpholine rings is 1. The monoisotopic (exact) mass is 221 g/mol. The minimum atomic E-state index is 0.268. The van der Waals surface area contributed by atoms with Crippen LogP contribution in [0.5, 0.6) is 0 Å².